The summed E-state index contributed by atoms with van der Waals surface area (Å²) in [5, 5.41) is 10.3. The summed E-state index contributed by atoms with van der Waals surface area (Å²) in [6.45, 7) is 4.31. The largest absolute Gasteiger partial charge is 0.485 e. The lowest BCUT2D eigenvalue weighted by atomic mass is 10.0. The Morgan fingerprint density at radius 2 is 2.03 bits per heavy atom. The first kappa shape index (κ1) is 21.8. The van der Waals surface area contributed by atoms with Gasteiger partial charge in [-0.3, -0.25) is 0 Å². The Balaban J connectivity index is 1.44. The highest BCUT2D eigenvalue weighted by atomic mass is 35.5. The first-order valence-electron chi connectivity index (χ1n) is 10.5. The summed E-state index contributed by atoms with van der Waals surface area (Å²) < 4.78 is 19.3. The number of carbonyl (C=O) groups is 1. The molecule has 172 valence electrons. The van der Waals surface area contributed by atoms with Crippen LogP contribution in [-0.4, -0.2) is 32.2 Å². The van der Waals surface area contributed by atoms with Gasteiger partial charge in [0.05, 0.1) is 29.5 Å². The van der Waals surface area contributed by atoms with Crippen LogP contribution in [0.2, 0.25) is 5.02 Å². The Kier molecular flexibility index (Phi) is 5.81. The van der Waals surface area contributed by atoms with Crippen molar-refractivity contribution >= 4 is 23.1 Å². The highest BCUT2D eigenvalue weighted by Crippen LogP contribution is 2.40. The van der Waals surface area contributed by atoms with E-state index in [-0.39, 0.29) is 18.2 Å². The maximum atomic E-state index is 11.7. The van der Waals surface area contributed by atoms with Crippen LogP contribution in [0.1, 0.15) is 34.5 Å². The van der Waals surface area contributed by atoms with Gasteiger partial charge >= 0.3 is 5.97 Å². The summed E-state index contributed by atoms with van der Waals surface area (Å²) in [4.78, 5) is 20.3. The van der Waals surface area contributed by atoms with Crippen molar-refractivity contribution < 1.29 is 23.8 Å². The summed E-state index contributed by atoms with van der Waals surface area (Å²) in [5.74, 6) is 0.532. The van der Waals surface area contributed by atoms with E-state index in [9.17, 15) is 9.90 Å². The van der Waals surface area contributed by atoms with Gasteiger partial charge in [0.25, 0.3) is 0 Å². The van der Waals surface area contributed by atoms with Crippen LogP contribution in [0.25, 0.3) is 5.57 Å². The number of aromatic nitrogens is 3. The Morgan fingerprint density at radius 1 is 1.21 bits per heavy atom. The number of imidazole rings is 1. The summed E-state index contributed by atoms with van der Waals surface area (Å²) in [5.41, 5.74) is 2.68. The van der Waals surface area contributed by atoms with Crippen molar-refractivity contribution in [1.29, 1.82) is 0 Å². The molecule has 1 aliphatic heterocycles. The Labute approximate surface area is 200 Å². The molecule has 0 amide bonds. The molecule has 3 heterocycles. The average molecular weight is 478 g/mol. The minimum absolute atomic E-state index is 0.0659. The second-order valence-corrected chi connectivity index (χ2v) is 8.20. The van der Waals surface area contributed by atoms with Crippen LogP contribution in [0.3, 0.4) is 0 Å². The lowest BCUT2D eigenvalue weighted by molar-refractivity contribution is -0.130. The number of ether oxygens (including phenoxy) is 2. The van der Waals surface area contributed by atoms with E-state index in [0.29, 0.717) is 46.8 Å². The first-order chi connectivity index (χ1) is 16.5. The second-order valence-electron chi connectivity index (χ2n) is 7.77. The maximum Gasteiger partial charge on any atom is 0.337 e. The number of halogens is 1. The molecular weight excluding hydrogens is 458 g/mol. The first-order valence-corrected chi connectivity index (χ1v) is 10.9. The van der Waals surface area contributed by atoms with Gasteiger partial charge < -0.3 is 23.6 Å². The number of hydrogen-bond acceptors (Lipinski definition) is 6. The predicted octanol–water partition coefficient (Wildman–Crippen LogP) is 4.77. The number of oxazole rings is 1. The predicted molar refractivity (Wildman–Crippen MR) is 124 cm³/mol. The van der Waals surface area contributed by atoms with Gasteiger partial charge in [-0.15, -0.1) is 0 Å². The monoisotopic (exact) mass is 477 g/mol. The Hall–Kier alpha value is -4.04. The van der Waals surface area contributed by atoms with Gasteiger partial charge in [0.15, 0.2) is 17.6 Å². The quantitative estimate of drug-likeness (QED) is 0.382. The molecule has 1 aliphatic rings. The van der Waals surface area contributed by atoms with Crippen molar-refractivity contribution in [2.75, 3.05) is 6.61 Å². The second kappa shape index (κ2) is 9.07. The number of carboxylic acid groups (broad SMARTS) is 1. The fraction of sp³-hybridized carbons (Fsp3) is 0.160. The molecule has 5 rings (SSSR count). The molecule has 1 atom stereocenters. The number of para-hydroxylation sites is 1. The van der Waals surface area contributed by atoms with E-state index in [1.54, 1.807) is 10.9 Å². The molecule has 0 saturated heterocycles. The standard InChI is InChI=1S/C25H20ClN3O5/c1-15(25(30)31)23-19(28-14-29(23)12-22-27-9-10-32-22)11-17-3-2-4-20-24(17)33-13-21(34-20)16-5-7-18(26)8-6-16/h2-10,14,21H,1,11-13H2,(H,30,31)/t21-/m0/s1. The summed E-state index contributed by atoms with van der Waals surface area (Å²) in [6, 6.07) is 13.1. The lowest BCUT2D eigenvalue weighted by Crippen LogP contribution is -2.22. The number of carboxylic acids is 1. The third kappa shape index (κ3) is 4.27. The van der Waals surface area contributed by atoms with Crippen LogP contribution in [0.15, 0.2) is 72.2 Å². The van der Waals surface area contributed by atoms with Crippen molar-refractivity contribution in [3.05, 3.63) is 101 Å². The van der Waals surface area contributed by atoms with E-state index in [2.05, 4.69) is 16.5 Å². The van der Waals surface area contributed by atoms with Gasteiger partial charge in [-0.2, -0.15) is 0 Å². The van der Waals surface area contributed by atoms with E-state index in [1.165, 1.54) is 12.5 Å². The van der Waals surface area contributed by atoms with Crippen molar-refractivity contribution in [3.63, 3.8) is 0 Å². The molecule has 34 heavy (non-hydrogen) atoms. The molecule has 0 saturated carbocycles. The highest BCUT2D eigenvalue weighted by molar-refractivity contribution is 6.30. The highest BCUT2D eigenvalue weighted by Gasteiger charge is 2.26. The fourth-order valence-electron chi connectivity index (χ4n) is 3.92. The molecule has 8 nitrogen and oxygen atoms in total. The number of rotatable bonds is 7. The molecule has 0 fully saturated rings. The SMILES string of the molecule is C=C(C(=O)O)c1c(Cc2cccc3c2OC[C@@H](c2ccc(Cl)cc2)O3)ncn1Cc1ncco1. The minimum atomic E-state index is -1.13. The Morgan fingerprint density at radius 3 is 2.76 bits per heavy atom. The Bertz CT molecular complexity index is 1350. The summed E-state index contributed by atoms with van der Waals surface area (Å²) in [7, 11) is 0. The van der Waals surface area contributed by atoms with E-state index < -0.39 is 5.97 Å². The molecular formula is C25H20ClN3O5. The molecule has 9 heteroatoms. The molecule has 0 unspecified atom stereocenters. The average Bonchev–Trinajstić information content (AvgIpc) is 3.49. The zero-order valence-corrected chi connectivity index (χ0v) is 18.7. The fourth-order valence-corrected chi connectivity index (χ4v) is 4.05. The summed E-state index contributed by atoms with van der Waals surface area (Å²) in [6.07, 6.45) is 4.63. The molecule has 0 radical (unpaired) electrons. The topological polar surface area (TPSA) is 99.6 Å². The molecule has 2 aromatic carbocycles. The van der Waals surface area contributed by atoms with Gasteiger partial charge in [0.1, 0.15) is 19.4 Å². The van der Waals surface area contributed by atoms with Crippen molar-refractivity contribution in [3.8, 4) is 11.5 Å². The zero-order valence-electron chi connectivity index (χ0n) is 18.0. The number of aliphatic carboxylic acids is 1. The number of fused-ring (bicyclic) bond motifs is 1. The summed E-state index contributed by atoms with van der Waals surface area (Å²) >= 11 is 5.99. The van der Waals surface area contributed by atoms with Gasteiger partial charge in [0.2, 0.25) is 5.89 Å². The van der Waals surface area contributed by atoms with E-state index in [4.69, 9.17) is 25.5 Å². The van der Waals surface area contributed by atoms with Crippen LogP contribution in [0.4, 0.5) is 0 Å². The van der Waals surface area contributed by atoms with Gasteiger partial charge in [-0.1, -0.05) is 42.4 Å². The van der Waals surface area contributed by atoms with E-state index >= 15 is 0 Å². The van der Waals surface area contributed by atoms with Gasteiger partial charge in [0, 0.05) is 17.0 Å². The normalized spacial score (nSPS) is 14.7. The molecule has 0 aliphatic carbocycles. The van der Waals surface area contributed by atoms with Crippen LogP contribution in [0, 0.1) is 0 Å². The maximum absolute atomic E-state index is 11.7. The zero-order chi connectivity index (χ0) is 23.7. The molecule has 0 bridgehead atoms. The minimum Gasteiger partial charge on any atom is -0.485 e. The number of benzene rings is 2. The molecule has 1 N–H and O–H groups in total. The van der Waals surface area contributed by atoms with Crippen molar-refractivity contribution in [2.24, 2.45) is 0 Å². The number of nitrogens with zero attached hydrogens (tertiary/aromatic N) is 3. The van der Waals surface area contributed by atoms with Crippen molar-refractivity contribution in [1.82, 2.24) is 14.5 Å². The van der Waals surface area contributed by atoms with E-state index in [0.717, 1.165) is 11.1 Å². The van der Waals surface area contributed by atoms with Gasteiger partial charge in [-0.05, 0) is 23.8 Å². The van der Waals surface area contributed by atoms with Gasteiger partial charge in [-0.25, -0.2) is 14.8 Å². The molecule has 2 aromatic heterocycles. The third-order valence-electron chi connectivity index (χ3n) is 5.56. The van der Waals surface area contributed by atoms with Crippen molar-refractivity contribution in [2.45, 2.75) is 19.1 Å². The molecule has 4 aromatic rings. The van der Waals surface area contributed by atoms with E-state index in [1.807, 2.05) is 42.5 Å². The lowest BCUT2D eigenvalue weighted by Gasteiger charge is -2.28. The van der Waals surface area contributed by atoms with Crippen LogP contribution in [-0.2, 0) is 17.8 Å². The third-order valence-corrected chi connectivity index (χ3v) is 5.81. The number of hydrogen-bond donors (Lipinski definition) is 1. The molecule has 0 spiro atoms. The smallest absolute Gasteiger partial charge is 0.337 e. The van der Waals surface area contributed by atoms with Crippen LogP contribution in [0.5, 0.6) is 11.5 Å². The van der Waals surface area contributed by atoms with Crippen LogP contribution < -0.4 is 9.47 Å². The van der Waals surface area contributed by atoms with Crippen LogP contribution >= 0.6 is 11.6 Å².